The van der Waals surface area contributed by atoms with Crippen LogP contribution in [0, 0.1) is 0 Å². The van der Waals surface area contributed by atoms with Crippen LogP contribution in [-0.4, -0.2) is 36.9 Å². The SMILES string of the molecule is CC1(C)Cc2c(sc(NC(=O)C3=CNC4OCCOC4=C3)c2C(N)=O)C(C)(C)O1. The number of fused-ring (bicyclic) bond motifs is 2. The molecule has 1 unspecified atom stereocenters. The fourth-order valence-corrected chi connectivity index (χ4v) is 5.32. The van der Waals surface area contributed by atoms with Gasteiger partial charge in [-0.1, -0.05) is 0 Å². The third kappa shape index (κ3) is 3.65. The summed E-state index contributed by atoms with van der Waals surface area (Å²) >= 11 is 1.33. The number of primary amides is 1. The molecule has 2 amide bonds. The Hall–Kier alpha value is -2.36. The van der Waals surface area contributed by atoms with Crippen molar-refractivity contribution in [3.05, 3.63) is 39.6 Å². The summed E-state index contributed by atoms with van der Waals surface area (Å²) in [6, 6.07) is 0. The summed E-state index contributed by atoms with van der Waals surface area (Å²) in [7, 11) is 0. The Labute approximate surface area is 173 Å². The summed E-state index contributed by atoms with van der Waals surface area (Å²) in [6.45, 7) is 8.79. The van der Waals surface area contributed by atoms with E-state index < -0.39 is 17.1 Å². The number of nitrogens with one attached hydrogen (secondary N) is 2. The van der Waals surface area contributed by atoms with Crippen LogP contribution < -0.4 is 16.4 Å². The molecule has 3 aliphatic heterocycles. The third-order valence-electron chi connectivity index (χ3n) is 5.01. The molecule has 1 saturated heterocycles. The zero-order valence-corrected chi connectivity index (χ0v) is 17.7. The molecule has 0 saturated carbocycles. The fraction of sp³-hybridized carbons (Fsp3) is 0.500. The van der Waals surface area contributed by atoms with Gasteiger partial charge >= 0.3 is 0 Å². The number of carbonyl (C=O) groups excluding carboxylic acids is 2. The van der Waals surface area contributed by atoms with Crippen LogP contribution in [0.1, 0.15) is 48.5 Å². The van der Waals surface area contributed by atoms with Crippen LogP contribution in [0.15, 0.2) is 23.6 Å². The van der Waals surface area contributed by atoms with Crippen LogP contribution in [0.4, 0.5) is 5.00 Å². The number of carbonyl (C=O) groups is 2. The number of nitrogens with two attached hydrogens (primary N) is 1. The Morgan fingerprint density at radius 3 is 2.76 bits per heavy atom. The second-order valence-corrected chi connectivity index (χ2v) is 9.41. The summed E-state index contributed by atoms with van der Waals surface area (Å²) in [5.41, 5.74) is 6.24. The standard InChI is InChI=1S/C20H25N3O5S/c1-19(2)8-11-13(15(21)24)18(29-14(11)20(3,4)28-19)23-16(25)10-7-12-17(22-9-10)27-6-5-26-12/h7,9,17,22H,5-6,8H2,1-4H3,(H2,21,24)(H,23,25). The minimum Gasteiger partial charge on any atom is -0.491 e. The van der Waals surface area contributed by atoms with Crippen LogP contribution in [0.5, 0.6) is 0 Å². The molecule has 1 atom stereocenters. The first-order chi connectivity index (χ1) is 13.6. The van der Waals surface area contributed by atoms with Crippen molar-refractivity contribution >= 4 is 28.2 Å². The molecule has 0 spiro atoms. The minimum absolute atomic E-state index is 0.356. The molecule has 156 valence electrons. The quantitative estimate of drug-likeness (QED) is 0.692. The largest absolute Gasteiger partial charge is 0.491 e. The molecule has 29 heavy (non-hydrogen) atoms. The van der Waals surface area contributed by atoms with Gasteiger partial charge < -0.3 is 30.6 Å². The van der Waals surface area contributed by atoms with Gasteiger partial charge in [0.1, 0.15) is 17.4 Å². The van der Waals surface area contributed by atoms with Gasteiger partial charge in [0.25, 0.3) is 11.8 Å². The lowest BCUT2D eigenvalue weighted by Crippen LogP contribution is -2.42. The highest BCUT2D eigenvalue weighted by molar-refractivity contribution is 7.17. The summed E-state index contributed by atoms with van der Waals surface area (Å²) in [4.78, 5) is 26.1. The van der Waals surface area contributed by atoms with Crippen molar-refractivity contribution in [2.24, 2.45) is 5.73 Å². The highest BCUT2D eigenvalue weighted by atomic mass is 32.1. The first kappa shape index (κ1) is 19.9. The minimum atomic E-state index is -0.594. The van der Waals surface area contributed by atoms with E-state index in [1.165, 1.54) is 11.3 Å². The van der Waals surface area contributed by atoms with E-state index in [4.69, 9.17) is 19.9 Å². The van der Waals surface area contributed by atoms with Crippen molar-refractivity contribution in [3.63, 3.8) is 0 Å². The van der Waals surface area contributed by atoms with Crippen molar-refractivity contribution in [2.45, 2.75) is 51.5 Å². The Morgan fingerprint density at radius 1 is 1.28 bits per heavy atom. The molecule has 0 radical (unpaired) electrons. The van der Waals surface area contributed by atoms with E-state index in [0.717, 1.165) is 10.4 Å². The van der Waals surface area contributed by atoms with E-state index in [0.29, 0.717) is 41.5 Å². The average molecular weight is 420 g/mol. The molecule has 0 aliphatic carbocycles. The average Bonchev–Trinajstić information content (AvgIpc) is 2.98. The molecule has 0 bridgehead atoms. The lowest BCUT2D eigenvalue weighted by atomic mass is 9.86. The Balaban J connectivity index is 1.65. The zero-order chi connectivity index (χ0) is 21.0. The molecular weight excluding hydrogens is 394 g/mol. The summed E-state index contributed by atoms with van der Waals surface area (Å²) in [6.07, 6.45) is 3.38. The molecular formula is C20H25N3O5S. The van der Waals surface area contributed by atoms with E-state index in [1.807, 2.05) is 27.7 Å². The first-order valence-corrected chi connectivity index (χ1v) is 10.3. The molecule has 1 aromatic heterocycles. The third-order valence-corrected chi connectivity index (χ3v) is 6.46. The van der Waals surface area contributed by atoms with Crippen LogP contribution in [0.25, 0.3) is 0 Å². The van der Waals surface area contributed by atoms with Crippen LogP contribution in [0.3, 0.4) is 0 Å². The number of ether oxygens (including phenoxy) is 3. The highest BCUT2D eigenvalue weighted by Crippen LogP contribution is 2.48. The van der Waals surface area contributed by atoms with Gasteiger partial charge in [-0.3, -0.25) is 9.59 Å². The number of dihydropyridines is 1. The maximum Gasteiger partial charge on any atom is 0.257 e. The predicted octanol–water partition coefficient (Wildman–Crippen LogP) is 2.12. The molecule has 0 aromatic carbocycles. The molecule has 9 heteroatoms. The van der Waals surface area contributed by atoms with Gasteiger partial charge in [0, 0.05) is 17.5 Å². The number of thiophene rings is 1. The fourth-order valence-electron chi connectivity index (χ4n) is 4.07. The van der Waals surface area contributed by atoms with E-state index in [1.54, 1.807) is 12.3 Å². The Kier molecular flexibility index (Phi) is 4.71. The number of amides is 2. The Morgan fingerprint density at radius 2 is 2.03 bits per heavy atom. The predicted molar refractivity (Wildman–Crippen MR) is 108 cm³/mol. The van der Waals surface area contributed by atoms with Crippen LogP contribution >= 0.6 is 11.3 Å². The smallest absolute Gasteiger partial charge is 0.257 e. The maximum absolute atomic E-state index is 12.9. The van der Waals surface area contributed by atoms with Crippen LogP contribution in [-0.2, 0) is 31.0 Å². The van der Waals surface area contributed by atoms with Gasteiger partial charge in [-0.15, -0.1) is 11.3 Å². The summed E-state index contributed by atoms with van der Waals surface area (Å²) < 4.78 is 17.3. The van der Waals surface area contributed by atoms with Gasteiger partial charge in [0.2, 0.25) is 0 Å². The van der Waals surface area contributed by atoms with E-state index in [-0.39, 0.29) is 12.1 Å². The number of rotatable bonds is 3. The van der Waals surface area contributed by atoms with E-state index in [2.05, 4.69) is 10.6 Å². The molecule has 1 fully saturated rings. The van der Waals surface area contributed by atoms with Crippen molar-refractivity contribution in [2.75, 3.05) is 18.5 Å². The molecule has 4 N–H and O–H groups in total. The highest BCUT2D eigenvalue weighted by Gasteiger charge is 2.43. The van der Waals surface area contributed by atoms with Crippen molar-refractivity contribution < 1.29 is 23.8 Å². The molecule has 3 aliphatic rings. The maximum atomic E-state index is 12.9. The van der Waals surface area contributed by atoms with Crippen molar-refractivity contribution in [1.29, 1.82) is 0 Å². The zero-order valence-electron chi connectivity index (χ0n) is 16.9. The number of anilines is 1. The second-order valence-electron chi connectivity index (χ2n) is 8.39. The molecule has 1 aromatic rings. The van der Waals surface area contributed by atoms with Gasteiger partial charge in [-0.2, -0.15) is 0 Å². The first-order valence-electron chi connectivity index (χ1n) is 9.47. The summed E-state index contributed by atoms with van der Waals surface area (Å²) in [5, 5.41) is 6.29. The topological polar surface area (TPSA) is 112 Å². The summed E-state index contributed by atoms with van der Waals surface area (Å²) in [5.74, 6) is -0.373. The lowest BCUT2D eigenvalue weighted by molar-refractivity contribution is -0.135. The van der Waals surface area contributed by atoms with E-state index in [9.17, 15) is 9.59 Å². The lowest BCUT2D eigenvalue weighted by Gasteiger charge is -2.41. The Bertz CT molecular complexity index is 944. The molecule has 8 nitrogen and oxygen atoms in total. The van der Waals surface area contributed by atoms with Crippen molar-refractivity contribution in [3.8, 4) is 0 Å². The van der Waals surface area contributed by atoms with Gasteiger partial charge in [-0.25, -0.2) is 0 Å². The van der Waals surface area contributed by atoms with E-state index >= 15 is 0 Å². The normalized spacial score (nSPS) is 24.1. The molecule has 4 rings (SSSR count). The van der Waals surface area contributed by atoms with Crippen LogP contribution in [0.2, 0.25) is 0 Å². The second kappa shape index (κ2) is 6.86. The van der Waals surface area contributed by atoms with Gasteiger partial charge in [-0.05, 0) is 39.3 Å². The van der Waals surface area contributed by atoms with Gasteiger partial charge in [0.15, 0.2) is 6.23 Å². The van der Waals surface area contributed by atoms with Crippen molar-refractivity contribution in [1.82, 2.24) is 5.32 Å². The number of hydrogen-bond acceptors (Lipinski definition) is 7. The molecule has 4 heterocycles. The monoisotopic (exact) mass is 419 g/mol. The van der Waals surface area contributed by atoms with Gasteiger partial charge in [0.05, 0.1) is 28.9 Å². The number of hydrogen-bond donors (Lipinski definition) is 3.